The second-order valence-electron chi connectivity index (χ2n) is 8.72. The third-order valence-corrected chi connectivity index (χ3v) is 6.04. The number of hydrogen-bond donors (Lipinski definition) is 0. The van der Waals surface area contributed by atoms with Gasteiger partial charge in [0.1, 0.15) is 11.5 Å². The van der Waals surface area contributed by atoms with Crippen LogP contribution in [0, 0.1) is 18.8 Å². The molecule has 0 unspecified atom stereocenters. The molecule has 0 aliphatic carbocycles. The molecule has 0 saturated carbocycles. The fourth-order valence-electron chi connectivity index (χ4n) is 4.79. The quantitative estimate of drug-likeness (QED) is 0.773. The minimum atomic E-state index is 0.136. The zero-order chi connectivity index (χ0) is 19.0. The molecule has 0 bridgehead atoms. The topological polar surface area (TPSA) is 38.1 Å². The van der Waals surface area contributed by atoms with Gasteiger partial charge in [0.05, 0.1) is 5.69 Å². The van der Waals surface area contributed by atoms with Crippen molar-refractivity contribution < 1.29 is 4.79 Å². The van der Waals surface area contributed by atoms with Crippen molar-refractivity contribution in [3.63, 3.8) is 0 Å². The number of likely N-dealkylation sites (tertiary alicyclic amines) is 1. The summed E-state index contributed by atoms with van der Waals surface area (Å²) in [7, 11) is 0. The molecule has 4 nitrogen and oxygen atoms in total. The molecular weight excluding hydrogens is 334 g/mol. The normalized spacial score (nSPS) is 23.0. The first kappa shape index (κ1) is 18.3. The molecule has 0 spiro atoms. The molecule has 1 amide bonds. The van der Waals surface area contributed by atoms with Crippen molar-refractivity contribution in [3.05, 3.63) is 41.2 Å². The van der Waals surface area contributed by atoms with Gasteiger partial charge < -0.3 is 9.47 Å². The lowest BCUT2D eigenvalue weighted by molar-refractivity contribution is 0.0616. The van der Waals surface area contributed by atoms with E-state index in [0.29, 0.717) is 17.5 Å². The van der Waals surface area contributed by atoms with Crippen LogP contribution in [0.3, 0.4) is 0 Å². The largest absolute Gasteiger partial charge is 0.337 e. The number of carbonyl (C=O) groups excluding carboxylic acids is 1. The van der Waals surface area contributed by atoms with Crippen molar-refractivity contribution >= 4 is 5.91 Å². The summed E-state index contributed by atoms with van der Waals surface area (Å²) >= 11 is 0. The molecule has 4 rings (SSSR count). The number of carbonyl (C=O) groups is 1. The van der Waals surface area contributed by atoms with E-state index in [-0.39, 0.29) is 5.91 Å². The lowest BCUT2D eigenvalue weighted by Gasteiger charge is -2.34. The Hall–Kier alpha value is -2.10. The Morgan fingerprint density at radius 2 is 1.74 bits per heavy atom. The van der Waals surface area contributed by atoms with Crippen molar-refractivity contribution in [2.24, 2.45) is 11.8 Å². The van der Waals surface area contributed by atoms with E-state index < -0.39 is 0 Å². The van der Waals surface area contributed by atoms with Crippen LogP contribution in [0.15, 0.2) is 24.3 Å². The number of amides is 1. The molecule has 1 aromatic heterocycles. The molecule has 2 atom stereocenters. The van der Waals surface area contributed by atoms with Crippen molar-refractivity contribution in [2.75, 3.05) is 13.1 Å². The van der Waals surface area contributed by atoms with Gasteiger partial charge in [-0.25, -0.2) is 4.98 Å². The third kappa shape index (κ3) is 3.67. The van der Waals surface area contributed by atoms with E-state index in [9.17, 15) is 4.79 Å². The molecule has 4 heteroatoms. The average molecular weight is 366 g/mol. The molecule has 1 aromatic carbocycles. The van der Waals surface area contributed by atoms with Crippen LogP contribution in [0.25, 0.3) is 11.4 Å². The summed E-state index contributed by atoms with van der Waals surface area (Å²) in [6.45, 7) is 9.28. The van der Waals surface area contributed by atoms with Gasteiger partial charge >= 0.3 is 0 Å². The second kappa shape index (κ2) is 7.49. The Morgan fingerprint density at radius 1 is 1.04 bits per heavy atom. The molecule has 27 heavy (non-hydrogen) atoms. The molecule has 3 heterocycles. The first-order valence-electron chi connectivity index (χ1n) is 10.5. The van der Waals surface area contributed by atoms with Crippen molar-refractivity contribution in [1.29, 1.82) is 0 Å². The predicted molar refractivity (Wildman–Crippen MR) is 109 cm³/mol. The summed E-state index contributed by atoms with van der Waals surface area (Å²) < 4.78 is 2.32. The third-order valence-electron chi connectivity index (χ3n) is 6.04. The SMILES string of the molecule is Cc1ccc(-c2nc(C(=O)N3C[C@@H](C)C[C@H](C)C3)c3n2CCCCC3)cc1. The monoisotopic (exact) mass is 365 g/mol. The molecule has 0 N–H and O–H groups in total. The lowest BCUT2D eigenvalue weighted by atomic mass is 9.91. The highest BCUT2D eigenvalue weighted by atomic mass is 16.2. The Labute approximate surface area is 162 Å². The first-order chi connectivity index (χ1) is 13.0. The lowest BCUT2D eigenvalue weighted by Crippen LogP contribution is -2.43. The maximum atomic E-state index is 13.4. The molecule has 2 aromatic rings. The molecule has 1 saturated heterocycles. The van der Waals surface area contributed by atoms with E-state index in [4.69, 9.17) is 4.98 Å². The highest BCUT2D eigenvalue weighted by Crippen LogP contribution is 2.29. The number of imidazole rings is 1. The van der Waals surface area contributed by atoms with Gasteiger partial charge in [-0.15, -0.1) is 0 Å². The van der Waals surface area contributed by atoms with Crippen LogP contribution in [0.5, 0.6) is 0 Å². The highest BCUT2D eigenvalue weighted by Gasteiger charge is 2.31. The number of fused-ring (bicyclic) bond motifs is 1. The summed E-state index contributed by atoms with van der Waals surface area (Å²) in [5.41, 5.74) is 4.21. The zero-order valence-corrected chi connectivity index (χ0v) is 16.9. The van der Waals surface area contributed by atoms with E-state index in [0.717, 1.165) is 56.0 Å². The minimum Gasteiger partial charge on any atom is -0.337 e. The number of hydrogen-bond acceptors (Lipinski definition) is 2. The number of nitrogens with zero attached hydrogens (tertiary/aromatic N) is 3. The number of piperidine rings is 1. The minimum absolute atomic E-state index is 0.136. The summed E-state index contributed by atoms with van der Waals surface area (Å²) in [6.07, 6.45) is 5.69. The summed E-state index contributed by atoms with van der Waals surface area (Å²) in [4.78, 5) is 20.4. The smallest absolute Gasteiger partial charge is 0.274 e. The van der Waals surface area contributed by atoms with Gasteiger partial charge in [-0.2, -0.15) is 0 Å². The zero-order valence-electron chi connectivity index (χ0n) is 16.9. The van der Waals surface area contributed by atoms with Crippen LogP contribution in [-0.2, 0) is 13.0 Å². The fourth-order valence-corrected chi connectivity index (χ4v) is 4.79. The fraction of sp³-hybridized carbons (Fsp3) is 0.565. The summed E-state index contributed by atoms with van der Waals surface area (Å²) in [6, 6.07) is 8.52. The molecule has 1 fully saturated rings. The maximum absolute atomic E-state index is 13.4. The summed E-state index contributed by atoms with van der Waals surface area (Å²) in [5.74, 6) is 2.23. The Bertz CT molecular complexity index is 811. The molecular formula is C23H31N3O. The van der Waals surface area contributed by atoms with Gasteiger partial charge in [-0.1, -0.05) is 50.1 Å². The summed E-state index contributed by atoms with van der Waals surface area (Å²) in [5, 5.41) is 0. The molecule has 2 aliphatic rings. The van der Waals surface area contributed by atoms with E-state index in [2.05, 4.69) is 49.6 Å². The molecule has 2 aliphatic heterocycles. The number of benzene rings is 1. The van der Waals surface area contributed by atoms with Gasteiger partial charge in [0.2, 0.25) is 0 Å². The van der Waals surface area contributed by atoms with Gasteiger partial charge in [-0.3, -0.25) is 4.79 Å². The van der Waals surface area contributed by atoms with Crippen molar-refractivity contribution in [1.82, 2.24) is 14.5 Å². The molecule has 144 valence electrons. The van der Waals surface area contributed by atoms with Crippen LogP contribution < -0.4 is 0 Å². The Kier molecular flexibility index (Phi) is 5.07. The predicted octanol–water partition coefficient (Wildman–Crippen LogP) is 4.70. The Morgan fingerprint density at radius 3 is 2.44 bits per heavy atom. The Balaban J connectivity index is 1.74. The van der Waals surface area contributed by atoms with Crippen LogP contribution >= 0.6 is 0 Å². The van der Waals surface area contributed by atoms with Crippen LogP contribution in [-0.4, -0.2) is 33.4 Å². The first-order valence-corrected chi connectivity index (χ1v) is 10.5. The molecule has 0 radical (unpaired) electrons. The second-order valence-corrected chi connectivity index (χ2v) is 8.72. The van der Waals surface area contributed by atoms with Gasteiger partial charge in [0, 0.05) is 25.2 Å². The van der Waals surface area contributed by atoms with Crippen molar-refractivity contribution in [3.8, 4) is 11.4 Å². The van der Waals surface area contributed by atoms with E-state index in [1.165, 1.54) is 18.4 Å². The van der Waals surface area contributed by atoms with E-state index >= 15 is 0 Å². The van der Waals surface area contributed by atoms with Gasteiger partial charge in [0.15, 0.2) is 0 Å². The van der Waals surface area contributed by atoms with E-state index in [1.54, 1.807) is 0 Å². The van der Waals surface area contributed by atoms with E-state index in [1.807, 2.05) is 4.90 Å². The maximum Gasteiger partial charge on any atom is 0.274 e. The highest BCUT2D eigenvalue weighted by molar-refractivity contribution is 5.94. The van der Waals surface area contributed by atoms with Crippen LogP contribution in [0.4, 0.5) is 0 Å². The van der Waals surface area contributed by atoms with Gasteiger partial charge in [-0.05, 0) is 44.4 Å². The standard InChI is InChI=1S/C23H31N3O/c1-16-8-10-19(11-9-16)22-24-21(20-7-5-4-6-12-26(20)22)23(27)25-14-17(2)13-18(3)15-25/h8-11,17-18H,4-7,12-15H2,1-3H3/t17-,18-/m0/s1. The average Bonchev–Trinajstić information content (AvgIpc) is 2.82. The number of aromatic nitrogens is 2. The number of aryl methyl sites for hydroxylation is 1. The van der Waals surface area contributed by atoms with Crippen molar-refractivity contribution in [2.45, 2.75) is 59.4 Å². The van der Waals surface area contributed by atoms with Crippen LogP contribution in [0.1, 0.15) is 61.3 Å². The number of rotatable bonds is 2. The van der Waals surface area contributed by atoms with Gasteiger partial charge in [0.25, 0.3) is 5.91 Å². The van der Waals surface area contributed by atoms with Crippen LogP contribution in [0.2, 0.25) is 0 Å².